The van der Waals surface area contributed by atoms with Gasteiger partial charge in [-0.3, -0.25) is 9.48 Å². The fourth-order valence-electron chi connectivity index (χ4n) is 3.02. The maximum atomic E-state index is 13.0. The number of carbonyl (C=O) groups excluding carboxylic acids is 1. The third kappa shape index (κ3) is 5.03. The molecule has 0 radical (unpaired) electrons. The highest BCUT2D eigenvalue weighted by Crippen LogP contribution is 2.31. The van der Waals surface area contributed by atoms with Crippen LogP contribution in [0.3, 0.4) is 0 Å². The Bertz CT molecular complexity index is 1020. The number of hydrogen-bond acceptors (Lipinski definition) is 7. The van der Waals surface area contributed by atoms with E-state index < -0.39 is 0 Å². The minimum absolute atomic E-state index is 0.0865. The van der Waals surface area contributed by atoms with Crippen molar-refractivity contribution >= 4 is 29.3 Å². The van der Waals surface area contributed by atoms with Crippen LogP contribution in [0.1, 0.15) is 5.69 Å². The molecule has 0 saturated carbocycles. The number of amides is 1. The van der Waals surface area contributed by atoms with Crippen LogP contribution in [0.25, 0.3) is 0 Å². The number of para-hydroxylation sites is 2. The maximum absolute atomic E-state index is 13.0. The fourth-order valence-corrected chi connectivity index (χ4v) is 3.97. The van der Waals surface area contributed by atoms with Crippen LogP contribution in [0, 0.1) is 0 Å². The first-order valence-corrected chi connectivity index (χ1v) is 10.7. The number of carbonyl (C=O) groups is 1. The third-order valence-corrected chi connectivity index (χ3v) is 5.58. The smallest absolute Gasteiger partial charge is 0.233 e. The molecule has 156 valence electrons. The molecule has 1 amide bonds. The van der Waals surface area contributed by atoms with Crippen molar-refractivity contribution in [2.75, 3.05) is 18.9 Å². The summed E-state index contributed by atoms with van der Waals surface area (Å²) in [6.45, 7) is 0.970. The van der Waals surface area contributed by atoms with E-state index in [1.807, 2.05) is 24.3 Å². The first kappa shape index (κ1) is 20.5. The van der Waals surface area contributed by atoms with E-state index in [4.69, 9.17) is 21.1 Å². The largest absolute Gasteiger partial charge is 0.486 e. The maximum Gasteiger partial charge on any atom is 0.233 e. The van der Waals surface area contributed by atoms with E-state index in [2.05, 4.69) is 15.1 Å². The highest BCUT2D eigenvalue weighted by atomic mass is 35.5. The van der Waals surface area contributed by atoms with Crippen LogP contribution in [0.2, 0.25) is 5.02 Å². The van der Waals surface area contributed by atoms with Crippen molar-refractivity contribution in [2.45, 2.75) is 17.8 Å². The van der Waals surface area contributed by atoms with E-state index in [1.54, 1.807) is 41.3 Å². The Kier molecular flexibility index (Phi) is 6.39. The summed E-state index contributed by atoms with van der Waals surface area (Å²) in [6, 6.07) is 9.23. The fraction of sp³-hybridized carbons (Fsp3) is 0.300. The van der Waals surface area contributed by atoms with Gasteiger partial charge in [0.05, 0.1) is 23.9 Å². The lowest BCUT2D eigenvalue weighted by Crippen LogP contribution is -2.44. The number of aryl methyl sites for hydroxylation is 1. The molecule has 1 aliphatic rings. The number of rotatable bonds is 7. The summed E-state index contributed by atoms with van der Waals surface area (Å²) in [6.07, 6.45) is 4.71. The van der Waals surface area contributed by atoms with Crippen LogP contribution in [-0.2, 0) is 18.4 Å². The number of ether oxygens (including phenoxy) is 2. The third-order valence-electron chi connectivity index (χ3n) is 4.41. The molecule has 1 aliphatic heterocycles. The highest BCUT2D eigenvalue weighted by Gasteiger charge is 2.27. The summed E-state index contributed by atoms with van der Waals surface area (Å²) in [5.41, 5.74) is 0.630. The second-order valence-electron chi connectivity index (χ2n) is 6.69. The molecule has 1 unspecified atom stereocenters. The summed E-state index contributed by atoms with van der Waals surface area (Å²) >= 11 is 7.56. The minimum atomic E-state index is -0.302. The van der Waals surface area contributed by atoms with E-state index in [0.29, 0.717) is 40.5 Å². The molecule has 10 heteroatoms. The quantitative estimate of drug-likeness (QED) is 0.408. The molecule has 1 aromatic carbocycles. The van der Waals surface area contributed by atoms with E-state index in [-0.39, 0.29) is 24.3 Å². The van der Waals surface area contributed by atoms with Crippen LogP contribution in [-0.4, -0.2) is 55.6 Å². The number of benzene rings is 1. The first-order valence-electron chi connectivity index (χ1n) is 9.32. The average molecular weight is 446 g/mol. The van der Waals surface area contributed by atoms with Crippen molar-refractivity contribution < 1.29 is 14.3 Å². The zero-order valence-electron chi connectivity index (χ0n) is 16.3. The number of hydrogen-bond donors (Lipinski definition) is 0. The zero-order chi connectivity index (χ0) is 20.9. The molecule has 0 bridgehead atoms. The Labute approximate surface area is 183 Å². The van der Waals surface area contributed by atoms with Crippen molar-refractivity contribution in [3.63, 3.8) is 0 Å². The van der Waals surface area contributed by atoms with Gasteiger partial charge in [0.15, 0.2) is 22.8 Å². The van der Waals surface area contributed by atoms with Gasteiger partial charge in [-0.25, -0.2) is 9.97 Å². The summed E-state index contributed by atoms with van der Waals surface area (Å²) in [4.78, 5) is 23.0. The van der Waals surface area contributed by atoms with E-state index in [9.17, 15) is 4.79 Å². The van der Waals surface area contributed by atoms with Crippen molar-refractivity contribution in [3.05, 3.63) is 59.6 Å². The van der Waals surface area contributed by atoms with Gasteiger partial charge in [0, 0.05) is 25.6 Å². The Balaban J connectivity index is 1.46. The van der Waals surface area contributed by atoms with Gasteiger partial charge >= 0.3 is 0 Å². The predicted molar refractivity (Wildman–Crippen MR) is 113 cm³/mol. The normalized spacial score (nSPS) is 15.1. The summed E-state index contributed by atoms with van der Waals surface area (Å²) < 4.78 is 13.5. The molecule has 3 aromatic rings. The number of halogens is 1. The molecule has 30 heavy (non-hydrogen) atoms. The minimum Gasteiger partial charge on any atom is -0.486 e. The SMILES string of the molecule is Cn1cc(Cl)c(CN(CC2COc3ccccc3O2)C(=O)CSc2ncccn2)n1. The highest BCUT2D eigenvalue weighted by molar-refractivity contribution is 7.99. The number of nitrogens with zero attached hydrogens (tertiary/aromatic N) is 5. The lowest BCUT2D eigenvalue weighted by Gasteiger charge is -2.31. The van der Waals surface area contributed by atoms with Gasteiger partial charge in [0.2, 0.25) is 5.91 Å². The van der Waals surface area contributed by atoms with Crippen LogP contribution >= 0.6 is 23.4 Å². The summed E-state index contributed by atoms with van der Waals surface area (Å²) in [5.74, 6) is 1.48. The van der Waals surface area contributed by atoms with Crippen LogP contribution < -0.4 is 9.47 Å². The Hall–Kier alpha value is -2.78. The first-order chi connectivity index (χ1) is 14.6. The average Bonchev–Trinajstić information content (AvgIpc) is 3.08. The second-order valence-corrected chi connectivity index (χ2v) is 8.04. The van der Waals surface area contributed by atoms with Gasteiger partial charge in [-0.05, 0) is 18.2 Å². The van der Waals surface area contributed by atoms with Gasteiger partial charge in [0.25, 0.3) is 0 Å². The number of fused-ring (bicyclic) bond motifs is 1. The topological polar surface area (TPSA) is 82.4 Å². The molecule has 3 heterocycles. The van der Waals surface area contributed by atoms with Crippen LogP contribution in [0.5, 0.6) is 11.5 Å². The summed E-state index contributed by atoms with van der Waals surface area (Å²) in [7, 11) is 1.79. The van der Waals surface area contributed by atoms with Gasteiger partial charge < -0.3 is 14.4 Å². The van der Waals surface area contributed by atoms with Crippen molar-refractivity contribution in [2.24, 2.45) is 7.05 Å². The summed E-state index contributed by atoms with van der Waals surface area (Å²) in [5, 5.41) is 5.43. The van der Waals surface area contributed by atoms with Crippen LogP contribution in [0.15, 0.2) is 54.1 Å². The van der Waals surface area contributed by atoms with Crippen molar-refractivity contribution in [3.8, 4) is 11.5 Å². The lowest BCUT2D eigenvalue weighted by molar-refractivity contribution is -0.130. The molecule has 0 N–H and O–H groups in total. The second kappa shape index (κ2) is 9.36. The molecule has 4 rings (SSSR count). The van der Waals surface area contributed by atoms with E-state index in [0.717, 1.165) is 0 Å². The number of thioether (sulfide) groups is 1. The molecule has 0 aliphatic carbocycles. The zero-order valence-corrected chi connectivity index (χ0v) is 17.8. The molecule has 2 aromatic heterocycles. The molecule has 0 fully saturated rings. The molecular formula is C20H20ClN5O3S. The predicted octanol–water partition coefficient (Wildman–Crippen LogP) is 2.82. The molecule has 0 spiro atoms. The van der Waals surface area contributed by atoms with E-state index >= 15 is 0 Å². The molecular weight excluding hydrogens is 426 g/mol. The van der Waals surface area contributed by atoms with Crippen LogP contribution in [0.4, 0.5) is 0 Å². The van der Waals surface area contributed by atoms with Gasteiger partial charge in [0.1, 0.15) is 12.3 Å². The Morgan fingerprint density at radius 1 is 1.27 bits per heavy atom. The molecule has 8 nitrogen and oxygen atoms in total. The molecule has 0 saturated heterocycles. The monoisotopic (exact) mass is 445 g/mol. The Morgan fingerprint density at radius 2 is 2.03 bits per heavy atom. The Morgan fingerprint density at radius 3 is 2.77 bits per heavy atom. The van der Waals surface area contributed by atoms with Crippen molar-refractivity contribution in [1.29, 1.82) is 0 Å². The standard InChI is InChI=1S/C20H20ClN5O3S/c1-25-10-15(21)16(24-25)11-26(19(27)13-30-20-22-7-4-8-23-20)9-14-12-28-17-5-2-3-6-18(17)29-14/h2-8,10,14H,9,11-13H2,1H3. The van der Waals surface area contributed by atoms with E-state index in [1.165, 1.54) is 11.8 Å². The van der Waals surface area contributed by atoms with Gasteiger partial charge in [-0.15, -0.1) is 0 Å². The number of aromatic nitrogens is 4. The lowest BCUT2D eigenvalue weighted by atomic mass is 10.2. The van der Waals surface area contributed by atoms with Gasteiger partial charge in [-0.1, -0.05) is 35.5 Å². The van der Waals surface area contributed by atoms with Gasteiger partial charge in [-0.2, -0.15) is 5.10 Å². The molecule has 1 atom stereocenters. The van der Waals surface area contributed by atoms with Crippen molar-refractivity contribution in [1.82, 2.24) is 24.6 Å².